The maximum absolute atomic E-state index is 12.2. The summed E-state index contributed by atoms with van der Waals surface area (Å²) >= 11 is 0. The number of nitro groups is 1. The summed E-state index contributed by atoms with van der Waals surface area (Å²) in [7, 11) is 1.35. The van der Waals surface area contributed by atoms with Crippen LogP contribution in [-0.2, 0) is 0 Å². The average molecular weight is 268 g/mol. The van der Waals surface area contributed by atoms with Gasteiger partial charge in [-0.2, -0.15) is 0 Å². The summed E-state index contributed by atoms with van der Waals surface area (Å²) in [5.41, 5.74) is 0.0991. The van der Waals surface area contributed by atoms with Gasteiger partial charge in [0.05, 0.1) is 30.3 Å². The zero-order chi connectivity index (χ0) is 14.4. The number of rotatable bonds is 6. The van der Waals surface area contributed by atoms with Gasteiger partial charge in [-0.3, -0.25) is 14.9 Å². The van der Waals surface area contributed by atoms with Gasteiger partial charge >= 0.3 is 0 Å². The van der Waals surface area contributed by atoms with Crippen LogP contribution in [0.4, 0.5) is 5.69 Å². The first-order valence-corrected chi connectivity index (χ1v) is 5.77. The Morgan fingerprint density at radius 2 is 2.21 bits per heavy atom. The number of aliphatic hydroxyl groups is 1. The highest BCUT2D eigenvalue weighted by molar-refractivity contribution is 5.97. The number of carbonyl (C=O) groups is 1. The number of nitrogens with zero attached hydrogens (tertiary/aromatic N) is 2. The van der Waals surface area contributed by atoms with Crippen molar-refractivity contribution in [2.45, 2.75) is 6.92 Å². The summed E-state index contributed by atoms with van der Waals surface area (Å²) in [5, 5.41) is 19.6. The summed E-state index contributed by atoms with van der Waals surface area (Å²) < 4.78 is 5.02. The molecule has 0 heterocycles. The summed E-state index contributed by atoms with van der Waals surface area (Å²) in [5.74, 6) is -0.182. The van der Waals surface area contributed by atoms with E-state index in [0.717, 1.165) is 0 Å². The SMILES string of the molecule is CCN(CCO)C(=O)c1ccc([N+](=O)[O-])cc1OC. The molecule has 0 bridgehead atoms. The van der Waals surface area contributed by atoms with Crippen molar-refractivity contribution >= 4 is 11.6 Å². The number of hydrogen-bond acceptors (Lipinski definition) is 5. The summed E-state index contributed by atoms with van der Waals surface area (Å²) in [6.45, 7) is 2.27. The Morgan fingerprint density at radius 3 is 2.68 bits per heavy atom. The van der Waals surface area contributed by atoms with Gasteiger partial charge in [-0.15, -0.1) is 0 Å². The van der Waals surface area contributed by atoms with Crippen LogP contribution >= 0.6 is 0 Å². The Morgan fingerprint density at radius 1 is 1.53 bits per heavy atom. The largest absolute Gasteiger partial charge is 0.496 e. The van der Waals surface area contributed by atoms with Gasteiger partial charge in [0.15, 0.2) is 0 Å². The molecule has 19 heavy (non-hydrogen) atoms. The van der Waals surface area contributed by atoms with Crippen LogP contribution in [0.3, 0.4) is 0 Å². The van der Waals surface area contributed by atoms with Gasteiger partial charge in [-0.1, -0.05) is 0 Å². The number of nitro benzene ring substituents is 1. The summed E-state index contributed by atoms with van der Waals surface area (Å²) in [6.07, 6.45) is 0. The second kappa shape index (κ2) is 6.69. The highest BCUT2D eigenvalue weighted by Crippen LogP contribution is 2.25. The van der Waals surface area contributed by atoms with E-state index in [-0.39, 0.29) is 36.1 Å². The van der Waals surface area contributed by atoms with Crippen molar-refractivity contribution in [2.24, 2.45) is 0 Å². The number of likely N-dealkylation sites (N-methyl/N-ethyl adjacent to an activating group) is 1. The number of methoxy groups -OCH3 is 1. The van der Waals surface area contributed by atoms with Gasteiger partial charge in [0.25, 0.3) is 11.6 Å². The Hall–Kier alpha value is -2.15. The van der Waals surface area contributed by atoms with Gasteiger partial charge in [0.1, 0.15) is 5.75 Å². The molecule has 0 radical (unpaired) electrons. The van der Waals surface area contributed by atoms with Crippen LogP contribution in [-0.4, -0.2) is 47.6 Å². The normalized spacial score (nSPS) is 10.1. The quantitative estimate of drug-likeness (QED) is 0.615. The van der Waals surface area contributed by atoms with E-state index in [1.54, 1.807) is 6.92 Å². The van der Waals surface area contributed by atoms with Crippen LogP contribution < -0.4 is 4.74 Å². The van der Waals surface area contributed by atoms with E-state index in [0.29, 0.717) is 6.54 Å². The summed E-state index contributed by atoms with van der Waals surface area (Å²) in [4.78, 5) is 23.7. The molecule has 1 rings (SSSR count). The van der Waals surface area contributed by atoms with Crippen LogP contribution in [0.1, 0.15) is 17.3 Å². The molecule has 1 N–H and O–H groups in total. The molecule has 0 fully saturated rings. The maximum atomic E-state index is 12.2. The first-order chi connectivity index (χ1) is 9.04. The van der Waals surface area contributed by atoms with Crippen molar-refractivity contribution in [3.05, 3.63) is 33.9 Å². The Bertz CT molecular complexity index is 475. The molecule has 0 aliphatic heterocycles. The molecular formula is C12H16N2O5. The number of non-ortho nitro benzene ring substituents is 1. The van der Waals surface area contributed by atoms with Crippen LogP contribution in [0.5, 0.6) is 5.75 Å². The molecule has 0 atom stereocenters. The van der Waals surface area contributed by atoms with Crippen LogP contribution in [0.15, 0.2) is 18.2 Å². The topological polar surface area (TPSA) is 92.9 Å². The Balaban J connectivity index is 3.12. The van der Waals surface area contributed by atoms with E-state index >= 15 is 0 Å². The number of amides is 1. The van der Waals surface area contributed by atoms with E-state index in [2.05, 4.69) is 0 Å². The molecule has 7 nitrogen and oxygen atoms in total. The molecule has 0 aromatic heterocycles. The van der Waals surface area contributed by atoms with Gasteiger partial charge in [-0.25, -0.2) is 0 Å². The van der Waals surface area contributed by atoms with Crippen LogP contribution in [0.2, 0.25) is 0 Å². The highest BCUT2D eigenvalue weighted by atomic mass is 16.6. The average Bonchev–Trinajstić information content (AvgIpc) is 2.43. The number of ether oxygens (including phenoxy) is 1. The first kappa shape index (κ1) is 14.9. The third kappa shape index (κ3) is 3.41. The molecule has 0 unspecified atom stereocenters. The fourth-order valence-electron chi connectivity index (χ4n) is 1.66. The first-order valence-electron chi connectivity index (χ1n) is 5.77. The van der Waals surface area contributed by atoms with Gasteiger partial charge in [0, 0.05) is 19.2 Å². The van der Waals surface area contributed by atoms with Crippen molar-refractivity contribution in [1.29, 1.82) is 0 Å². The van der Waals surface area contributed by atoms with Crippen molar-refractivity contribution in [2.75, 3.05) is 26.8 Å². The van der Waals surface area contributed by atoms with Crippen LogP contribution in [0, 0.1) is 10.1 Å². The van der Waals surface area contributed by atoms with E-state index in [1.807, 2.05) is 0 Å². The Labute approximate surface area is 110 Å². The van der Waals surface area contributed by atoms with Gasteiger partial charge < -0.3 is 14.7 Å². The zero-order valence-electron chi connectivity index (χ0n) is 10.8. The number of aliphatic hydroxyl groups excluding tert-OH is 1. The van der Waals surface area contributed by atoms with Crippen molar-refractivity contribution in [3.8, 4) is 5.75 Å². The van der Waals surface area contributed by atoms with E-state index in [4.69, 9.17) is 9.84 Å². The minimum Gasteiger partial charge on any atom is -0.496 e. The second-order valence-electron chi connectivity index (χ2n) is 3.75. The molecule has 0 saturated heterocycles. The lowest BCUT2D eigenvalue weighted by Gasteiger charge is -2.20. The van der Waals surface area contributed by atoms with E-state index < -0.39 is 4.92 Å². The van der Waals surface area contributed by atoms with E-state index in [1.165, 1.54) is 30.2 Å². The number of carbonyl (C=O) groups excluding carboxylic acids is 1. The molecule has 0 aliphatic carbocycles. The van der Waals surface area contributed by atoms with Crippen molar-refractivity contribution in [3.63, 3.8) is 0 Å². The molecule has 7 heteroatoms. The molecule has 1 aromatic carbocycles. The predicted octanol–water partition coefficient (Wildman–Crippen LogP) is 1.06. The number of hydrogen-bond donors (Lipinski definition) is 1. The molecule has 0 spiro atoms. The van der Waals surface area contributed by atoms with Gasteiger partial charge in [-0.05, 0) is 13.0 Å². The second-order valence-corrected chi connectivity index (χ2v) is 3.75. The lowest BCUT2D eigenvalue weighted by molar-refractivity contribution is -0.384. The highest BCUT2D eigenvalue weighted by Gasteiger charge is 2.20. The fraction of sp³-hybridized carbons (Fsp3) is 0.417. The fourth-order valence-corrected chi connectivity index (χ4v) is 1.66. The smallest absolute Gasteiger partial charge is 0.273 e. The van der Waals surface area contributed by atoms with Crippen molar-refractivity contribution in [1.82, 2.24) is 4.90 Å². The third-order valence-electron chi connectivity index (χ3n) is 2.67. The predicted molar refractivity (Wildman–Crippen MR) is 68.3 cm³/mol. The van der Waals surface area contributed by atoms with Crippen LogP contribution in [0.25, 0.3) is 0 Å². The molecule has 1 aromatic rings. The summed E-state index contributed by atoms with van der Waals surface area (Å²) in [6, 6.07) is 3.82. The number of benzene rings is 1. The minimum absolute atomic E-state index is 0.140. The zero-order valence-corrected chi connectivity index (χ0v) is 10.8. The maximum Gasteiger partial charge on any atom is 0.273 e. The Kier molecular flexibility index (Phi) is 5.25. The lowest BCUT2D eigenvalue weighted by atomic mass is 10.1. The van der Waals surface area contributed by atoms with Crippen molar-refractivity contribution < 1.29 is 19.6 Å². The standard InChI is InChI=1S/C12H16N2O5/c1-3-13(6-7-15)12(16)10-5-4-9(14(17)18)8-11(10)19-2/h4-5,8,15H,3,6-7H2,1-2H3. The minimum atomic E-state index is -0.553. The van der Waals surface area contributed by atoms with Gasteiger partial charge in [0.2, 0.25) is 0 Å². The molecule has 104 valence electrons. The molecular weight excluding hydrogens is 252 g/mol. The van der Waals surface area contributed by atoms with E-state index in [9.17, 15) is 14.9 Å². The molecule has 0 aliphatic rings. The monoisotopic (exact) mass is 268 g/mol. The molecule has 1 amide bonds. The molecule has 0 saturated carbocycles. The third-order valence-corrected chi connectivity index (χ3v) is 2.67. The lowest BCUT2D eigenvalue weighted by Crippen LogP contribution is -2.33.